The molecule has 112 valence electrons. The minimum absolute atomic E-state index is 0.0766. The Morgan fingerprint density at radius 2 is 1.95 bits per heavy atom. The molecule has 0 aliphatic heterocycles. The molecule has 6 nitrogen and oxygen atoms in total. The molecule has 7 heteroatoms. The monoisotopic (exact) mass is 298 g/mol. The minimum Gasteiger partial charge on any atom is -0.357 e. The zero-order chi connectivity index (χ0) is 14.8. The van der Waals surface area contributed by atoms with Crippen LogP contribution >= 0.6 is 0 Å². The highest BCUT2D eigenvalue weighted by atomic mass is 32.2. The van der Waals surface area contributed by atoms with Crippen LogP contribution < -0.4 is 5.32 Å². The summed E-state index contributed by atoms with van der Waals surface area (Å²) in [7, 11) is -0.156. The molecule has 2 atom stereocenters. The predicted octanol–water partition coefficient (Wildman–Crippen LogP) is 1.72. The fourth-order valence-electron chi connectivity index (χ4n) is 2.67. The van der Waals surface area contributed by atoms with Crippen molar-refractivity contribution < 1.29 is 8.42 Å². The summed E-state index contributed by atoms with van der Waals surface area (Å²) >= 11 is 0. The van der Waals surface area contributed by atoms with Gasteiger partial charge in [-0.15, -0.1) is 0 Å². The van der Waals surface area contributed by atoms with Gasteiger partial charge in [0, 0.05) is 20.1 Å². The molecule has 1 fully saturated rings. The number of hydrogen-bond acceptors (Lipinski definition) is 5. The van der Waals surface area contributed by atoms with Crippen molar-refractivity contribution in [1.29, 1.82) is 0 Å². The van der Waals surface area contributed by atoms with Crippen LogP contribution in [0.2, 0.25) is 0 Å². The molecule has 1 aromatic heterocycles. The summed E-state index contributed by atoms with van der Waals surface area (Å²) in [6.07, 6.45) is 6.83. The summed E-state index contributed by atoms with van der Waals surface area (Å²) < 4.78 is 26.6. The predicted molar refractivity (Wildman–Crippen MR) is 77.9 cm³/mol. The van der Waals surface area contributed by atoms with Gasteiger partial charge in [-0.05, 0) is 18.8 Å². The number of anilines is 1. The average Bonchev–Trinajstić information content (AvgIpc) is 2.46. The summed E-state index contributed by atoms with van der Waals surface area (Å²) in [5.41, 5.74) is 0. The summed E-state index contributed by atoms with van der Waals surface area (Å²) in [5, 5.41) is 2.77. The highest BCUT2D eigenvalue weighted by molar-refractivity contribution is 7.89. The number of aromatic nitrogens is 2. The van der Waals surface area contributed by atoms with Crippen molar-refractivity contribution in [2.24, 2.45) is 5.92 Å². The van der Waals surface area contributed by atoms with E-state index in [1.165, 1.54) is 23.1 Å². The van der Waals surface area contributed by atoms with E-state index in [1.54, 1.807) is 14.1 Å². The molecule has 2 unspecified atom stereocenters. The second-order valence-corrected chi connectivity index (χ2v) is 7.44. The van der Waals surface area contributed by atoms with Gasteiger partial charge in [0.2, 0.25) is 16.0 Å². The lowest BCUT2D eigenvalue weighted by atomic mass is 9.87. The van der Waals surface area contributed by atoms with Crippen LogP contribution in [0.1, 0.15) is 32.6 Å². The molecule has 1 aliphatic carbocycles. The van der Waals surface area contributed by atoms with Crippen LogP contribution in [0.3, 0.4) is 0 Å². The third kappa shape index (κ3) is 3.09. The lowest BCUT2D eigenvalue weighted by Crippen LogP contribution is -2.39. The fraction of sp³-hybridized carbons (Fsp3) is 0.692. The highest BCUT2D eigenvalue weighted by Gasteiger charge is 2.31. The first-order chi connectivity index (χ1) is 9.45. The van der Waals surface area contributed by atoms with Crippen molar-refractivity contribution in [2.45, 2.75) is 43.5 Å². The van der Waals surface area contributed by atoms with Crippen LogP contribution in [0, 0.1) is 5.92 Å². The molecule has 0 saturated heterocycles. The van der Waals surface area contributed by atoms with Gasteiger partial charge in [-0.2, -0.15) is 4.31 Å². The Morgan fingerprint density at radius 3 is 2.50 bits per heavy atom. The first-order valence-corrected chi connectivity index (χ1v) is 8.37. The first-order valence-electron chi connectivity index (χ1n) is 6.93. The zero-order valence-electron chi connectivity index (χ0n) is 12.2. The van der Waals surface area contributed by atoms with Crippen molar-refractivity contribution in [3.8, 4) is 0 Å². The number of nitrogens with one attached hydrogen (secondary N) is 1. The van der Waals surface area contributed by atoms with Crippen LogP contribution in [0.25, 0.3) is 0 Å². The molecule has 2 rings (SSSR count). The van der Waals surface area contributed by atoms with Crippen molar-refractivity contribution in [3.05, 3.63) is 12.4 Å². The molecule has 0 radical (unpaired) electrons. The second kappa shape index (κ2) is 6.05. The van der Waals surface area contributed by atoms with E-state index >= 15 is 0 Å². The topological polar surface area (TPSA) is 75.2 Å². The maximum absolute atomic E-state index is 12.6. The number of nitrogens with zero attached hydrogens (tertiary/aromatic N) is 3. The van der Waals surface area contributed by atoms with Gasteiger partial charge in [-0.3, -0.25) is 0 Å². The Hall–Kier alpha value is -1.21. The van der Waals surface area contributed by atoms with E-state index < -0.39 is 10.0 Å². The van der Waals surface area contributed by atoms with Crippen LogP contribution in [-0.2, 0) is 10.0 Å². The molecule has 0 aromatic carbocycles. The average molecular weight is 298 g/mol. The van der Waals surface area contributed by atoms with E-state index in [-0.39, 0.29) is 10.9 Å². The summed E-state index contributed by atoms with van der Waals surface area (Å²) in [6.45, 7) is 2.18. The Bertz CT molecular complexity index is 544. The standard InChI is InChI=1S/C13H22N4O2S/c1-10-5-4-6-11(7-10)17(3)20(18,19)12-8-15-13(14-2)16-9-12/h8-11H,4-7H2,1-3H3,(H,14,15,16). The minimum atomic E-state index is -3.51. The molecular formula is C13H22N4O2S. The Labute approximate surface area is 120 Å². The fourth-order valence-corrected chi connectivity index (χ4v) is 3.96. The summed E-state index contributed by atoms with van der Waals surface area (Å²) in [4.78, 5) is 8.11. The van der Waals surface area contributed by atoms with Crippen LogP contribution in [0.4, 0.5) is 5.95 Å². The third-order valence-electron chi connectivity index (χ3n) is 3.95. The van der Waals surface area contributed by atoms with E-state index in [4.69, 9.17) is 0 Å². The van der Waals surface area contributed by atoms with Crippen molar-refractivity contribution in [3.63, 3.8) is 0 Å². The molecule has 20 heavy (non-hydrogen) atoms. The van der Waals surface area contributed by atoms with E-state index in [0.29, 0.717) is 11.9 Å². The number of rotatable bonds is 4. The van der Waals surface area contributed by atoms with Gasteiger partial charge in [-0.25, -0.2) is 18.4 Å². The molecule has 0 amide bonds. The molecule has 1 heterocycles. The van der Waals surface area contributed by atoms with Gasteiger partial charge < -0.3 is 5.32 Å². The smallest absolute Gasteiger partial charge is 0.246 e. The molecule has 1 aromatic rings. The maximum Gasteiger partial charge on any atom is 0.246 e. The van der Waals surface area contributed by atoms with Gasteiger partial charge in [0.05, 0.1) is 12.4 Å². The van der Waals surface area contributed by atoms with Crippen molar-refractivity contribution >= 4 is 16.0 Å². The van der Waals surface area contributed by atoms with Crippen molar-refractivity contribution in [1.82, 2.24) is 14.3 Å². The second-order valence-electron chi connectivity index (χ2n) is 5.44. The zero-order valence-corrected chi connectivity index (χ0v) is 13.0. The normalized spacial score (nSPS) is 23.8. The Kier molecular flexibility index (Phi) is 4.59. The summed E-state index contributed by atoms with van der Waals surface area (Å²) in [6, 6.07) is 0.0766. The van der Waals surface area contributed by atoms with E-state index in [0.717, 1.165) is 19.3 Å². The molecule has 1 saturated carbocycles. The largest absolute Gasteiger partial charge is 0.357 e. The van der Waals surface area contributed by atoms with Gasteiger partial charge >= 0.3 is 0 Å². The van der Waals surface area contributed by atoms with Gasteiger partial charge in [0.15, 0.2) is 0 Å². The number of hydrogen-bond donors (Lipinski definition) is 1. The molecule has 1 N–H and O–H groups in total. The van der Waals surface area contributed by atoms with Gasteiger partial charge in [0.1, 0.15) is 4.90 Å². The lowest BCUT2D eigenvalue weighted by Gasteiger charge is -2.33. The number of sulfonamides is 1. The maximum atomic E-state index is 12.6. The van der Waals surface area contributed by atoms with E-state index in [9.17, 15) is 8.42 Å². The van der Waals surface area contributed by atoms with Crippen molar-refractivity contribution in [2.75, 3.05) is 19.4 Å². The van der Waals surface area contributed by atoms with E-state index in [2.05, 4.69) is 22.2 Å². The van der Waals surface area contributed by atoms with Crippen LogP contribution in [0.5, 0.6) is 0 Å². The summed E-state index contributed by atoms with van der Waals surface area (Å²) in [5.74, 6) is 0.993. The van der Waals surface area contributed by atoms with Gasteiger partial charge in [0.25, 0.3) is 0 Å². The molecule has 0 spiro atoms. The molecule has 1 aliphatic rings. The van der Waals surface area contributed by atoms with Crippen LogP contribution in [0.15, 0.2) is 17.3 Å². The SMILES string of the molecule is CNc1ncc(S(=O)(=O)N(C)C2CCCC(C)C2)cn1. The third-order valence-corrected chi connectivity index (χ3v) is 5.81. The highest BCUT2D eigenvalue weighted by Crippen LogP contribution is 2.29. The first kappa shape index (κ1) is 15.2. The lowest BCUT2D eigenvalue weighted by molar-refractivity contribution is 0.239. The Balaban J connectivity index is 2.19. The van der Waals surface area contributed by atoms with Gasteiger partial charge in [-0.1, -0.05) is 19.8 Å². The quantitative estimate of drug-likeness (QED) is 0.916. The van der Waals surface area contributed by atoms with E-state index in [1.807, 2.05) is 0 Å². The molecule has 0 bridgehead atoms. The Morgan fingerprint density at radius 1 is 1.30 bits per heavy atom. The van der Waals surface area contributed by atoms with Crippen LogP contribution in [-0.4, -0.2) is 42.8 Å². The molecular weight excluding hydrogens is 276 g/mol.